The van der Waals surface area contributed by atoms with Gasteiger partial charge < -0.3 is 14.2 Å². The molecule has 0 bridgehead atoms. The minimum Gasteiger partial charge on any atom is -0.462 e. The van der Waals surface area contributed by atoms with Crippen LogP contribution >= 0.6 is 0 Å². The fourth-order valence-electron chi connectivity index (χ4n) is 8.84. The lowest BCUT2D eigenvalue weighted by Gasteiger charge is -2.18. The van der Waals surface area contributed by atoms with Gasteiger partial charge in [-0.1, -0.05) is 285 Å². The summed E-state index contributed by atoms with van der Waals surface area (Å²) in [6, 6.07) is 0. The summed E-state index contributed by atoms with van der Waals surface area (Å²) in [6.45, 7) is 11.4. The van der Waals surface area contributed by atoms with Crippen LogP contribution in [0.1, 0.15) is 324 Å². The van der Waals surface area contributed by atoms with Crippen molar-refractivity contribution in [2.24, 2.45) is 11.8 Å². The van der Waals surface area contributed by atoms with E-state index in [0.29, 0.717) is 19.3 Å². The molecule has 1 unspecified atom stereocenters. The molecule has 0 spiro atoms. The Labute approximate surface area is 399 Å². The average molecular weight is 906 g/mol. The number of hydrogen-bond acceptors (Lipinski definition) is 6. The van der Waals surface area contributed by atoms with Crippen molar-refractivity contribution in [3.05, 3.63) is 0 Å². The van der Waals surface area contributed by atoms with Crippen LogP contribution in [0.5, 0.6) is 0 Å². The summed E-state index contributed by atoms with van der Waals surface area (Å²) in [5.74, 6) is 0.906. The summed E-state index contributed by atoms with van der Waals surface area (Å²) in [5.41, 5.74) is 0. The van der Waals surface area contributed by atoms with Gasteiger partial charge in [-0.15, -0.1) is 0 Å². The highest BCUT2D eigenvalue weighted by atomic mass is 16.6. The molecular formula is C58H112O6. The van der Waals surface area contributed by atoms with E-state index in [0.717, 1.165) is 76.0 Å². The molecule has 0 amide bonds. The maximum atomic E-state index is 12.8. The molecule has 0 aliphatic carbocycles. The molecule has 0 rings (SSSR count). The van der Waals surface area contributed by atoms with E-state index in [-0.39, 0.29) is 31.1 Å². The zero-order valence-corrected chi connectivity index (χ0v) is 43.9. The van der Waals surface area contributed by atoms with Crippen molar-refractivity contribution in [1.29, 1.82) is 0 Å². The van der Waals surface area contributed by atoms with Crippen LogP contribution in [-0.2, 0) is 28.6 Å². The van der Waals surface area contributed by atoms with Crippen molar-refractivity contribution < 1.29 is 28.6 Å². The Morgan fingerprint density at radius 3 is 0.891 bits per heavy atom. The minimum atomic E-state index is -0.760. The second kappa shape index (κ2) is 50.8. The zero-order valence-electron chi connectivity index (χ0n) is 43.9. The maximum absolute atomic E-state index is 12.8. The molecule has 0 aromatic rings. The van der Waals surface area contributed by atoms with Gasteiger partial charge >= 0.3 is 17.9 Å². The highest BCUT2D eigenvalue weighted by molar-refractivity contribution is 5.71. The van der Waals surface area contributed by atoms with Gasteiger partial charge in [-0.25, -0.2) is 0 Å². The lowest BCUT2D eigenvalue weighted by molar-refractivity contribution is -0.167. The second-order valence-corrected chi connectivity index (χ2v) is 20.6. The molecule has 6 heteroatoms. The summed E-state index contributed by atoms with van der Waals surface area (Å²) < 4.78 is 16.7. The van der Waals surface area contributed by atoms with Gasteiger partial charge in [0.05, 0.1) is 0 Å². The third-order valence-corrected chi connectivity index (χ3v) is 13.6. The third kappa shape index (κ3) is 49.8. The average Bonchev–Trinajstić information content (AvgIpc) is 3.28. The molecule has 0 radical (unpaired) electrons. The van der Waals surface area contributed by atoms with E-state index in [9.17, 15) is 14.4 Å². The van der Waals surface area contributed by atoms with Gasteiger partial charge in [0.1, 0.15) is 13.2 Å². The van der Waals surface area contributed by atoms with Gasteiger partial charge in [0.15, 0.2) is 6.10 Å². The molecule has 0 saturated carbocycles. The molecule has 0 saturated heterocycles. The number of ether oxygens (including phenoxy) is 3. The Morgan fingerprint density at radius 2 is 0.594 bits per heavy atom. The zero-order chi connectivity index (χ0) is 46.8. The van der Waals surface area contributed by atoms with Gasteiger partial charge in [-0.05, 0) is 31.1 Å². The molecule has 0 aliphatic heterocycles. The van der Waals surface area contributed by atoms with E-state index in [1.54, 1.807) is 0 Å². The molecule has 0 N–H and O–H groups in total. The quantitative estimate of drug-likeness (QED) is 0.0344. The predicted octanol–water partition coefficient (Wildman–Crippen LogP) is 18.9. The Balaban J connectivity index is 4.03. The summed E-state index contributed by atoms with van der Waals surface area (Å²) in [4.78, 5) is 37.8. The highest BCUT2D eigenvalue weighted by Gasteiger charge is 2.19. The van der Waals surface area contributed by atoms with Gasteiger partial charge in [-0.3, -0.25) is 14.4 Å². The molecule has 0 aromatic carbocycles. The van der Waals surface area contributed by atoms with Gasteiger partial charge in [0, 0.05) is 19.3 Å². The molecule has 0 heterocycles. The first kappa shape index (κ1) is 62.4. The van der Waals surface area contributed by atoms with Crippen molar-refractivity contribution in [1.82, 2.24) is 0 Å². The monoisotopic (exact) mass is 905 g/mol. The number of carbonyl (C=O) groups excluding carboxylic acids is 3. The van der Waals surface area contributed by atoms with Crippen LogP contribution in [0.2, 0.25) is 0 Å². The molecule has 64 heavy (non-hydrogen) atoms. The second-order valence-electron chi connectivity index (χ2n) is 20.6. The molecule has 2 atom stereocenters. The minimum absolute atomic E-state index is 0.0638. The van der Waals surface area contributed by atoms with Crippen molar-refractivity contribution in [2.45, 2.75) is 330 Å². The smallest absolute Gasteiger partial charge is 0.306 e. The largest absolute Gasteiger partial charge is 0.462 e. The Kier molecular flexibility index (Phi) is 49.6. The first-order valence-corrected chi connectivity index (χ1v) is 28.8. The lowest BCUT2D eigenvalue weighted by atomic mass is 9.99. The fourth-order valence-corrected chi connectivity index (χ4v) is 8.84. The molecule has 6 nitrogen and oxygen atoms in total. The van der Waals surface area contributed by atoms with Crippen LogP contribution in [0.3, 0.4) is 0 Å². The maximum Gasteiger partial charge on any atom is 0.306 e. The first-order valence-electron chi connectivity index (χ1n) is 28.8. The predicted molar refractivity (Wildman–Crippen MR) is 275 cm³/mol. The number of carbonyl (C=O) groups is 3. The first-order chi connectivity index (χ1) is 31.3. The number of esters is 3. The van der Waals surface area contributed by atoms with E-state index in [2.05, 4.69) is 34.6 Å². The topological polar surface area (TPSA) is 78.9 Å². The molecular weight excluding hydrogens is 793 g/mol. The van der Waals surface area contributed by atoms with Crippen molar-refractivity contribution >= 4 is 17.9 Å². The van der Waals surface area contributed by atoms with Crippen LogP contribution in [0.25, 0.3) is 0 Å². The molecule has 0 aromatic heterocycles. The highest BCUT2D eigenvalue weighted by Crippen LogP contribution is 2.19. The van der Waals surface area contributed by atoms with Crippen LogP contribution in [0.15, 0.2) is 0 Å². The Bertz CT molecular complexity index is 980. The molecule has 0 fully saturated rings. The number of unbranched alkanes of at least 4 members (excludes halogenated alkanes) is 36. The van der Waals surface area contributed by atoms with Crippen molar-refractivity contribution in [3.63, 3.8) is 0 Å². The van der Waals surface area contributed by atoms with E-state index in [1.165, 1.54) is 205 Å². The van der Waals surface area contributed by atoms with Crippen molar-refractivity contribution in [3.8, 4) is 0 Å². The fraction of sp³-hybridized carbons (Fsp3) is 0.948. The van der Waals surface area contributed by atoms with Gasteiger partial charge in [0.25, 0.3) is 0 Å². The lowest BCUT2D eigenvalue weighted by Crippen LogP contribution is -2.30. The summed E-state index contributed by atoms with van der Waals surface area (Å²) in [7, 11) is 0. The summed E-state index contributed by atoms with van der Waals surface area (Å²) in [5, 5.41) is 0. The van der Waals surface area contributed by atoms with Crippen LogP contribution < -0.4 is 0 Å². The Hall–Kier alpha value is -1.59. The van der Waals surface area contributed by atoms with Crippen LogP contribution in [0.4, 0.5) is 0 Å². The van der Waals surface area contributed by atoms with Gasteiger partial charge in [0.2, 0.25) is 0 Å². The normalized spacial score (nSPS) is 12.5. The summed E-state index contributed by atoms with van der Waals surface area (Å²) in [6.07, 6.45) is 54.2. The van der Waals surface area contributed by atoms with Gasteiger partial charge in [-0.2, -0.15) is 0 Å². The van der Waals surface area contributed by atoms with Crippen molar-refractivity contribution in [2.75, 3.05) is 13.2 Å². The summed E-state index contributed by atoms with van der Waals surface area (Å²) >= 11 is 0. The standard InChI is InChI=1S/C58H112O6/c1-6-8-9-36-43-48-56(59)62-51-55(64-58(61)50-45-40-35-31-27-23-19-15-14-16-20-24-28-32-37-41-46-53(3)4)52-63-57(60)49-44-39-34-30-26-22-18-13-11-10-12-17-21-25-29-33-38-42-47-54(5)7-2/h53-55H,6-52H2,1-5H3/t54?,55-/m1/s1. The van der Waals surface area contributed by atoms with E-state index in [4.69, 9.17) is 14.2 Å². The molecule has 0 aliphatic rings. The van der Waals surface area contributed by atoms with E-state index >= 15 is 0 Å². The SMILES string of the molecule is CCCCCCCC(=O)OC[C@H](COC(=O)CCCCCCCCCCCCCCCCCCCCC(C)CC)OC(=O)CCCCCCCCCCCCCCCCCCC(C)C. The van der Waals surface area contributed by atoms with E-state index in [1.807, 2.05) is 0 Å². The van der Waals surface area contributed by atoms with Crippen LogP contribution in [0, 0.1) is 11.8 Å². The van der Waals surface area contributed by atoms with Crippen LogP contribution in [-0.4, -0.2) is 37.2 Å². The third-order valence-electron chi connectivity index (χ3n) is 13.6. The molecule has 380 valence electrons. The Morgan fingerprint density at radius 1 is 0.328 bits per heavy atom. The number of hydrogen-bond donors (Lipinski definition) is 0. The number of rotatable bonds is 52. The van der Waals surface area contributed by atoms with E-state index < -0.39 is 6.10 Å².